The summed E-state index contributed by atoms with van der Waals surface area (Å²) < 4.78 is 0. The van der Waals surface area contributed by atoms with E-state index in [1.54, 1.807) is 12.1 Å². The van der Waals surface area contributed by atoms with E-state index < -0.39 is 0 Å². The Balaban J connectivity index is 2.29. The number of pyridine rings is 1. The van der Waals surface area contributed by atoms with Crippen LogP contribution in [0.15, 0.2) is 41.3 Å². The molecule has 104 valence electrons. The van der Waals surface area contributed by atoms with Crippen molar-refractivity contribution in [2.24, 2.45) is 0 Å². The van der Waals surface area contributed by atoms with E-state index >= 15 is 0 Å². The molecule has 2 aromatic rings. The number of benzene rings is 1. The zero-order valence-electron chi connectivity index (χ0n) is 11.1. The molecule has 20 heavy (non-hydrogen) atoms. The smallest absolute Gasteiger partial charge is 0.257 e. The summed E-state index contributed by atoms with van der Waals surface area (Å²) in [6.45, 7) is 0. The molecule has 0 saturated carbocycles. The summed E-state index contributed by atoms with van der Waals surface area (Å²) in [6, 6.07) is 8.03. The topological polar surface area (TPSA) is 65.2 Å². The van der Waals surface area contributed by atoms with Gasteiger partial charge in [-0.3, -0.25) is 9.59 Å². The number of anilines is 2. The maximum atomic E-state index is 12.1. The fourth-order valence-corrected chi connectivity index (χ4v) is 1.92. The molecule has 0 aliphatic rings. The van der Waals surface area contributed by atoms with Gasteiger partial charge in [-0.15, -0.1) is 0 Å². The van der Waals surface area contributed by atoms with E-state index in [4.69, 9.17) is 11.6 Å². The van der Waals surface area contributed by atoms with E-state index in [-0.39, 0.29) is 11.5 Å². The summed E-state index contributed by atoms with van der Waals surface area (Å²) in [6.07, 6.45) is 1.37. The molecule has 6 heteroatoms. The Bertz CT molecular complexity index is 675. The van der Waals surface area contributed by atoms with Crippen LogP contribution in [0.25, 0.3) is 0 Å². The molecule has 1 heterocycles. The van der Waals surface area contributed by atoms with Crippen molar-refractivity contribution in [1.82, 2.24) is 4.98 Å². The maximum Gasteiger partial charge on any atom is 0.257 e. The average molecular weight is 292 g/mol. The minimum atomic E-state index is -0.313. The van der Waals surface area contributed by atoms with E-state index in [0.29, 0.717) is 16.3 Å². The molecular weight excluding hydrogens is 278 g/mol. The van der Waals surface area contributed by atoms with Crippen LogP contribution in [0.4, 0.5) is 11.4 Å². The van der Waals surface area contributed by atoms with Crippen LogP contribution < -0.4 is 15.8 Å². The third-order valence-electron chi connectivity index (χ3n) is 2.73. The average Bonchev–Trinajstić information content (AvgIpc) is 2.39. The molecule has 0 unspecified atom stereocenters. The molecule has 2 N–H and O–H groups in total. The Hall–Kier alpha value is -2.27. The lowest BCUT2D eigenvalue weighted by atomic mass is 10.2. The third-order valence-corrected chi connectivity index (χ3v) is 2.97. The molecule has 1 aromatic carbocycles. The molecule has 0 aliphatic carbocycles. The first kappa shape index (κ1) is 14.1. The number of nitrogens with zero attached hydrogens (tertiary/aromatic N) is 1. The first-order chi connectivity index (χ1) is 9.47. The molecule has 0 atom stereocenters. The van der Waals surface area contributed by atoms with Gasteiger partial charge in [0.15, 0.2) is 0 Å². The lowest BCUT2D eigenvalue weighted by molar-refractivity contribution is 0.102. The number of nitrogens with one attached hydrogen (secondary N) is 2. The quantitative estimate of drug-likeness (QED) is 0.912. The van der Waals surface area contributed by atoms with Crippen molar-refractivity contribution in [3.63, 3.8) is 0 Å². The number of amides is 1. The van der Waals surface area contributed by atoms with Crippen LogP contribution in [0, 0.1) is 0 Å². The summed E-state index contributed by atoms with van der Waals surface area (Å²) in [7, 11) is 3.75. The first-order valence-corrected chi connectivity index (χ1v) is 6.32. The summed E-state index contributed by atoms with van der Waals surface area (Å²) in [5.41, 5.74) is 1.57. The number of H-pyrrole nitrogens is 1. The number of aromatic nitrogens is 1. The van der Waals surface area contributed by atoms with Crippen LogP contribution in [0.3, 0.4) is 0 Å². The van der Waals surface area contributed by atoms with Crippen molar-refractivity contribution in [3.05, 3.63) is 57.5 Å². The lowest BCUT2D eigenvalue weighted by Gasteiger charge is -2.18. The first-order valence-electron chi connectivity index (χ1n) is 5.94. The van der Waals surface area contributed by atoms with Crippen molar-refractivity contribution < 1.29 is 4.79 Å². The number of hydrogen-bond acceptors (Lipinski definition) is 3. The predicted octanol–water partition coefficient (Wildman–Crippen LogP) is 2.35. The highest BCUT2D eigenvalue weighted by Crippen LogP contribution is 2.28. The number of hydrogen-bond donors (Lipinski definition) is 2. The molecule has 1 amide bonds. The number of carbonyl (C=O) groups is 1. The largest absolute Gasteiger partial charge is 0.376 e. The summed E-state index contributed by atoms with van der Waals surface area (Å²) in [5, 5.41) is 3.32. The highest BCUT2D eigenvalue weighted by atomic mass is 35.5. The van der Waals surface area contributed by atoms with E-state index in [1.807, 2.05) is 25.1 Å². The summed E-state index contributed by atoms with van der Waals surface area (Å²) in [4.78, 5) is 27.4. The molecule has 0 bridgehead atoms. The van der Waals surface area contributed by atoms with Crippen molar-refractivity contribution in [1.29, 1.82) is 0 Å². The second-order valence-electron chi connectivity index (χ2n) is 4.45. The second-order valence-corrected chi connectivity index (χ2v) is 4.89. The number of halogens is 1. The van der Waals surface area contributed by atoms with Crippen LogP contribution in [-0.2, 0) is 0 Å². The van der Waals surface area contributed by atoms with E-state index in [9.17, 15) is 9.59 Å². The monoisotopic (exact) mass is 291 g/mol. The van der Waals surface area contributed by atoms with Gasteiger partial charge in [-0.05, 0) is 24.3 Å². The van der Waals surface area contributed by atoms with Crippen LogP contribution in [0.1, 0.15) is 10.4 Å². The molecule has 1 aromatic heterocycles. The SMILES string of the molecule is CN(C)c1ccc(Cl)cc1NC(=O)c1ccc(=O)[nH]c1. The van der Waals surface area contributed by atoms with E-state index in [2.05, 4.69) is 10.3 Å². The minimum Gasteiger partial charge on any atom is -0.376 e. The molecule has 0 spiro atoms. The summed E-state index contributed by atoms with van der Waals surface area (Å²) >= 11 is 5.95. The van der Waals surface area contributed by atoms with Gasteiger partial charge >= 0.3 is 0 Å². The van der Waals surface area contributed by atoms with E-state index in [0.717, 1.165) is 5.69 Å². The molecule has 2 rings (SSSR count). The number of carbonyl (C=O) groups excluding carboxylic acids is 1. The van der Waals surface area contributed by atoms with Gasteiger partial charge < -0.3 is 15.2 Å². The van der Waals surface area contributed by atoms with Crippen molar-refractivity contribution in [2.45, 2.75) is 0 Å². The lowest BCUT2D eigenvalue weighted by Crippen LogP contribution is -2.17. The van der Waals surface area contributed by atoms with Crippen molar-refractivity contribution in [3.8, 4) is 0 Å². The third kappa shape index (κ3) is 3.19. The Labute approximate surface area is 121 Å². The van der Waals surface area contributed by atoms with Gasteiger partial charge in [-0.25, -0.2) is 0 Å². The molecule has 0 aliphatic heterocycles. The van der Waals surface area contributed by atoms with Gasteiger partial charge in [0.2, 0.25) is 5.56 Å². The maximum absolute atomic E-state index is 12.1. The molecule has 0 fully saturated rings. The van der Waals surface area contributed by atoms with Crippen LogP contribution in [0.5, 0.6) is 0 Å². The molecule has 0 radical (unpaired) electrons. The van der Waals surface area contributed by atoms with Crippen LogP contribution in [-0.4, -0.2) is 25.0 Å². The highest BCUT2D eigenvalue weighted by molar-refractivity contribution is 6.31. The second kappa shape index (κ2) is 5.79. The van der Waals surface area contributed by atoms with Gasteiger partial charge in [0, 0.05) is 31.4 Å². The normalized spacial score (nSPS) is 10.2. The Morgan fingerprint density at radius 2 is 2.00 bits per heavy atom. The summed E-state index contributed by atoms with van der Waals surface area (Å²) in [5.74, 6) is -0.313. The number of aromatic amines is 1. The van der Waals surface area contributed by atoms with Gasteiger partial charge in [0.05, 0.1) is 16.9 Å². The zero-order valence-corrected chi connectivity index (χ0v) is 11.9. The zero-order chi connectivity index (χ0) is 14.7. The fraction of sp³-hybridized carbons (Fsp3) is 0.143. The van der Waals surface area contributed by atoms with Crippen LogP contribution in [0.2, 0.25) is 5.02 Å². The van der Waals surface area contributed by atoms with Gasteiger partial charge in [0.25, 0.3) is 5.91 Å². The van der Waals surface area contributed by atoms with Gasteiger partial charge in [-0.1, -0.05) is 11.6 Å². The Morgan fingerprint density at radius 3 is 2.60 bits per heavy atom. The highest BCUT2D eigenvalue weighted by Gasteiger charge is 2.11. The minimum absolute atomic E-state index is 0.252. The van der Waals surface area contributed by atoms with Gasteiger partial charge in [0.1, 0.15) is 0 Å². The van der Waals surface area contributed by atoms with Crippen molar-refractivity contribution >= 4 is 28.9 Å². The van der Waals surface area contributed by atoms with Crippen molar-refractivity contribution in [2.75, 3.05) is 24.3 Å². The molecule has 5 nitrogen and oxygen atoms in total. The fourth-order valence-electron chi connectivity index (χ4n) is 1.74. The molecular formula is C14H14ClN3O2. The van der Waals surface area contributed by atoms with Gasteiger partial charge in [-0.2, -0.15) is 0 Å². The predicted molar refractivity (Wildman–Crippen MR) is 80.8 cm³/mol. The Kier molecular flexibility index (Phi) is 4.10. The Morgan fingerprint density at radius 1 is 1.25 bits per heavy atom. The standard InChI is InChI=1S/C14H14ClN3O2/c1-18(2)12-5-4-10(15)7-11(12)17-14(20)9-3-6-13(19)16-8-9/h3-8H,1-2H3,(H,16,19)(H,17,20). The van der Waals surface area contributed by atoms with E-state index in [1.165, 1.54) is 18.3 Å². The molecule has 0 saturated heterocycles. The van der Waals surface area contributed by atoms with Crippen LogP contribution >= 0.6 is 11.6 Å². The number of rotatable bonds is 3.